The van der Waals surface area contributed by atoms with E-state index in [1.807, 2.05) is 11.0 Å². The van der Waals surface area contributed by atoms with Gasteiger partial charge >= 0.3 is 0 Å². The van der Waals surface area contributed by atoms with Crippen molar-refractivity contribution < 1.29 is 9.59 Å². The van der Waals surface area contributed by atoms with Gasteiger partial charge in [-0.05, 0) is 74.9 Å². The van der Waals surface area contributed by atoms with Crippen molar-refractivity contribution in [2.75, 3.05) is 13.1 Å². The number of nitrogens with one attached hydrogen (secondary N) is 1. The second-order valence-corrected chi connectivity index (χ2v) is 9.35. The molecule has 3 rings (SSSR count). The molecule has 1 fully saturated rings. The summed E-state index contributed by atoms with van der Waals surface area (Å²) in [6.07, 6.45) is 5.07. The number of nitrogens with zero attached hydrogens (tertiary/aromatic N) is 2. The van der Waals surface area contributed by atoms with Crippen LogP contribution in [0, 0.1) is 19.8 Å². The number of aromatic nitrogens is 1. The molecule has 0 bridgehead atoms. The summed E-state index contributed by atoms with van der Waals surface area (Å²) in [6.45, 7) is 9.73. The molecule has 0 unspecified atom stereocenters. The van der Waals surface area contributed by atoms with Gasteiger partial charge < -0.3 is 10.2 Å². The third-order valence-electron chi connectivity index (χ3n) is 6.19. The number of rotatable bonds is 7. The number of carbonyl (C=O) groups excluding carboxylic acids is 2. The van der Waals surface area contributed by atoms with E-state index in [2.05, 4.69) is 56.2 Å². The van der Waals surface area contributed by atoms with E-state index in [1.165, 1.54) is 22.9 Å². The minimum Gasteiger partial charge on any atom is -0.349 e. The molecule has 0 atom stereocenters. The molecule has 1 aromatic carbocycles. The fourth-order valence-corrected chi connectivity index (χ4v) is 4.92. The van der Waals surface area contributed by atoms with Crippen molar-refractivity contribution in [1.82, 2.24) is 15.2 Å². The first kappa shape index (κ1) is 23.3. The van der Waals surface area contributed by atoms with Crippen molar-refractivity contribution in [3.8, 4) is 0 Å². The molecule has 2 amide bonds. The highest BCUT2D eigenvalue weighted by atomic mass is 32.2. The lowest BCUT2D eigenvalue weighted by molar-refractivity contribution is -0.136. The fourth-order valence-electron chi connectivity index (χ4n) is 3.94. The van der Waals surface area contributed by atoms with E-state index in [-0.39, 0.29) is 23.8 Å². The zero-order valence-electron chi connectivity index (χ0n) is 19.0. The summed E-state index contributed by atoms with van der Waals surface area (Å²) in [6, 6.07) is 10.0. The molecule has 1 saturated heterocycles. The first-order chi connectivity index (χ1) is 14.9. The molecule has 1 aliphatic rings. The minimum atomic E-state index is -0.0933. The molecular formula is C25H33N3O2S. The smallest absolute Gasteiger partial charge is 0.254 e. The van der Waals surface area contributed by atoms with E-state index < -0.39 is 0 Å². The van der Waals surface area contributed by atoms with Crippen molar-refractivity contribution in [3.63, 3.8) is 0 Å². The molecule has 31 heavy (non-hydrogen) atoms. The van der Waals surface area contributed by atoms with Gasteiger partial charge in [-0.3, -0.25) is 9.59 Å². The number of amides is 2. The standard InChI is InChI=1S/C25H33N3O2S/c1-5-19(6-2)25(30)28-14-11-20(12-15-28)27-23(29)22-8-7-13-26-24(22)31-21-10-9-17(3)18(4)16-21/h7-10,13,16,19-20H,5-6,11-12,14-15H2,1-4H3,(H,27,29). The summed E-state index contributed by atoms with van der Waals surface area (Å²) in [4.78, 5) is 33.1. The van der Waals surface area contributed by atoms with E-state index in [0.29, 0.717) is 23.7 Å². The third kappa shape index (κ3) is 5.88. The summed E-state index contributed by atoms with van der Waals surface area (Å²) in [7, 11) is 0. The van der Waals surface area contributed by atoms with E-state index in [1.54, 1.807) is 12.3 Å². The maximum absolute atomic E-state index is 13.0. The van der Waals surface area contributed by atoms with Crippen molar-refractivity contribution >= 4 is 23.6 Å². The molecule has 0 radical (unpaired) electrons. The van der Waals surface area contributed by atoms with Gasteiger partial charge in [-0.2, -0.15) is 0 Å². The Morgan fingerprint density at radius 2 is 1.84 bits per heavy atom. The Labute approximate surface area is 190 Å². The van der Waals surface area contributed by atoms with Crippen LogP contribution in [0.5, 0.6) is 0 Å². The number of pyridine rings is 1. The Balaban J connectivity index is 1.61. The summed E-state index contributed by atoms with van der Waals surface area (Å²) in [5, 5.41) is 3.88. The van der Waals surface area contributed by atoms with Crippen LogP contribution >= 0.6 is 11.8 Å². The maximum Gasteiger partial charge on any atom is 0.254 e. The Bertz CT molecular complexity index is 919. The first-order valence-electron chi connectivity index (χ1n) is 11.2. The molecule has 6 heteroatoms. The highest BCUT2D eigenvalue weighted by molar-refractivity contribution is 7.99. The van der Waals surface area contributed by atoms with Gasteiger partial charge in [0.2, 0.25) is 5.91 Å². The molecular weight excluding hydrogens is 406 g/mol. The van der Waals surface area contributed by atoms with Crippen LogP contribution in [0.2, 0.25) is 0 Å². The molecule has 1 N–H and O–H groups in total. The van der Waals surface area contributed by atoms with Gasteiger partial charge in [0.1, 0.15) is 5.03 Å². The van der Waals surface area contributed by atoms with Crippen molar-refractivity contribution in [3.05, 3.63) is 53.2 Å². The number of likely N-dealkylation sites (tertiary alicyclic amines) is 1. The van der Waals surface area contributed by atoms with E-state index >= 15 is 0 Å². The van der Waals surface area contributed by atoms with Gasteiger partial charge in [0.25, 0.3) is 5.91 Å². The van der Waals surface area contributed by atoms with Crippen LogP contribution in [-0.4, -0.2) is 40.8 Å². The SMILES string of the molecule is CCC(CC)C(=O)N1CCC(NC(=O)c2cccnc2Sc2ccc(C)c(C)c2)CC1. The molecule has 0 saturated carbocycles. The molecule has 2 heterocycles. The van der Waals surface area contributed by atoms with Crippen LogP contribution in [0.1, 0.15) is 61.0 Å². The van der Waals surface area contributed by atoms with Crippen molar-refractivity contribution in [2.45, 2.75) is 69.3 Å². The average Bonchev–Trinajstić information content (AvgIpc) is 2.78. The summed E-state index contributed by atoms with van der Waals surface area (Å²) in [5.74, 6) is 0.282. The number of hydrogen-bond acceptors (Lipinski definition) is 4. The van der Waals surface area contributed by atoms with E-state index in [0.717, 1.165) is 30.6 Å². The maximum atomic E-state index is 13.0. The lowest BCUT2D eigenvalue weighted by Gasteiger charge is -2.34. The number of benzene rings is 1. The van der Waals surface area contributed by atoms with Crippen LogP contribution in [-0.2, 0) is 4.79 Å². The molecule has 5 nitrogen and oxygen atoms in total. The predicted octanol–water partition coefficient (Wildman–Crippen LogP) is 5.01. The zero-order chi connectivity index (χ0) is 22.4. The quantitative estimate of drug-likeness (QED) is 0.659. The summed E-state index contributed by atoms with van der Waals surface area (Å²) < 4.78 is 0. The highest BCUT2D eigenvalue weighted by Crippen LogP contribution is 2.30. The second-order valence-electron chi connectivity index (χ2n) is 8.29. The third-order valence-corrected chi connectivity index (χ3v) is 7.19. The van der Waals surface area contributed by atoms with E-state index in [9.17, 15) is 9.59 Å². The van der Waals surface area contributed by atoms with Gasteiger partial charge in [-0.1, -0.05) is 31.7 Å². The van der Waals surface area contributed by atoms with Crippen LogP contribution in [0.25, 0.3) is 0 Å². The van der Waals surface area contributed by atoms with Gasteiger partial charge in [-0.25, -0.2) is 4.98 Å². The fraction of sp³-hybridized carbons (Fsp3) is 0.480. The Kier molecular flexibility index (Phi) is 8.13. The molecule has 2 aromatic rings. The molecule has 1 aromatic heterocycles. The monoisotopic (exact) mass is 439 g/mol. The van der Waals surface area contributed by atoms with Crippen molar-refractivity contribution in [1.29, 1.82) is 0 Å². The minimum absolute atomic E-state index is 0.0814. The Morgan fingerprint density at radius 1 is 1.13 bits per heavy atom. The number of piperidine rings is 1. The lowest BCUT2D eigenvalue weighted by Crippen LogP contribution is -2.48. The molecule has 0 spiro atoms. The van der Waals surface area contributed by atoms with Gasteiger partial charge in [0.15, 0.2) is 0 Å². The first-order valence-corrected chi connectivity index (χ1v) is 12.0. The van der Waals surface area contributed by atoms with Crippen LogP contribution in [0.4, 0.5) is 0 Å². The molecule has 1 aliphatic heterocycles. The predicted molar refractivity (Wildman–Crippen MR) is 125 cm³/mol. The Morgan fingerprint density at radius 3 is 2.48 bits per heavy atom. The normalized spacial score (nSPS) is 14.7. The van der Waals surface area contributed by atoms with Crippen molar-refractivity contribution in [2.24, 2.45) is 5.92 Å². The highest BCUT2D eigenvalue weighted by Gasteiger charge is 2.27. The van der Waals surface area contributed by atoms with Crippen LogP contribution < -0.4 is 5.32 Å². The van der Waals surface area contributed by atoms with Crippen LogP contribution in [0.3, 0.4) is 0 Å². The lowest BCUT2D eigenvalue weighted by atomic mass is 9.98. The summed E-state index contributed by atoms with van der Waals surface area (Å²) in [5.41, 5.74) is 3.07. The number of aryl methyl sites for hydroxylation is 2. The zero-order valence-corrected chi connectivity index (χ0v) is 19.8. The largest absolute Gasteiger partial charge is 0.349 e. The Hall–Kier alpha value is -2.34. The topological polar surface area (TPSA) is 62.3 Å². The molecule has 166 valence electrons. The number of carbonyl (C=O) groups is 2. The van der Waals surface area contributed by atoms with Gasteiger partial charge in [-0.15, -0.1) is 0 Å². The second kappa shape index (κ2) is 10.8. The van der Waals surface area contributed by atoms with E-state index in [4.69, 9.17) is 0 Å². The van der Waals surface area contributed by atoms with Gasteiger partial charge in [0.05, 0.1) is 5.56 Å². The number of hydrogen-bond donors (Lipinski definition) is 1. The molecule has 0 aliphatic carbocycles. The summed E-state index contributed by atoms with van der Waals surface area (Å²) >= 11 is 1.52. The van der Waals surface area contributed by atoms with Gasteiger partial charge in [0, 0.05) is 36.1 Å². The van der Waals surface area contributed by atoms with Crippen LogP contribution in [0.15, 0.2) is 46.5 Å². The average molecular weight is 440 g/mol.